The second-order valence-corrected chi connectivity index (χ2v) is 8.72. The molecule has 0 spiro atoms. The highest BCUT2D eigenvalue weighted by atomic mass is 16.5. The normalized spacial score (nSPS) is 22.0. The molecule has 1 aromatic heterocycles. The third-order valence-electron chi connectivity index (χ3n) is 6.33. The lowest BCUT2D eigenvalue weighted by Crippen LogP contribution is -2.54. The average Bonchev–Trinajstić information content (AvgIpc) is 3.24. The van der Waals surface area contributed by atoms with Gasteiger partial charge in [-0.3, -0.25) is 19.2 Å². The van der Waals surface area contributed by atoms with Crippen LogP contribution in [0.5, 0.6) is 0 Å². The van der Waals surface area contributed by atoms with E-state index in [-0.39, 0.29) is 57.3 Å². The molecular weight excluding hydrogens is 440 g/mol. The molecule has 0 aliphatic carbocycles. The summed E-state index contributed by atoms with van der Waals surface area (Å²) in [5.41, 5.74) is -0.589. The molecule has 2 amide bonds. The Balaban J connectivity index is 1.83. The molecule has 1 fully saturated rings. The lowest BCUT2D eigenvalue weighted by Gasteiger charge is -2.47. The maximum Gasteiger partial charge on any atom is 0.318 e. The number of piperidine rings is 1. The number of hydrogen-bond acceptors (Lipinski definition) is 7. The molecular formula is C25H34N2O7. The summed E-state index contributed by atoms with van der Waals surface area (Å²) < 4.78 is 16.0. The molecule has 0 aromatic carbocycles. The van der Waals surface area contributed by atoms with Gasteiger partial charge in [0.2, 0.25) is 11.8 Å². The molecule has 0 unspecified atom stereocenters. The monoisotopic (exact) mass is 474 g/mol. The number of amides is 2. The zero-order valence-electron chi connectivity index (χ0n) is 20.2. The number of ether oxygens (including phenoxy) is 2. The molecule has 2 aliphatic rings. The van der Waals surface area contributed by atoms with Crippen molar-refractivity contribution in [3.05, 3.63) is 35.4 Å². The van der Waals surface area contributed by atoms with Crippen LogP contribution in [0.1, 0.15) is 63.9 Å². The van der Waals surface area contributed by atoms with Crippen LogP contribution < -0.4 is 5.32 Å². The number of nitrogens with one attached hydrogen (secondary N) is 1. The van der Waals surface area contributed by atoms with E-state index in [2.05, 4.69) is 5.32 Å². The van der Waals surface area contributed by atoms with E-state index in [9.17, 15) is 19.2 Å². The highest BCUT2D eigenvalue weighted by Gasteiger charge is 2.54. The van der Waals surface area contributed by atoms with Crippen molar-refractivity contribution in [1.82, 2.24) is 10.2 Å². The van der Waals surface area contributed by atoms with Crippen LogP contribution in [-0.2, 0) is 35.2 Å². The van der Waals surface area contributed by atoms with Crippen molar-refractivity contribution in [2.45, 2.75) is 65.8 Å². The molecule has 0 saturated carbocycles. The van der Waals surface area contributed by atoms with Gasteiger partial charge in [0.15, 0.2) is 0 Å². The largest absolute Gasteiger partial charge is 0.466 e. The van der Waals surface area contributed by atoms with E-state index in [0.29, 0.717) is 18.0 Å². The summed E-state index contributed by atoms with van der Waals surface area (Å²) in [6.07, 6.45) is 3.62. The number of carbonyl (C=O) groups is 4. The van der Waals surface area contributed by atoms with Crippen LogP contribution in [0.3, 0.4) is 0 Å². The van der Waals surface area contributed by atoms with E-state index >= 15 is 0 Å². The summed E-state index contributed by atoms with van der Waals surface area (Å²) in [4.78, 5) is 53.2. The number of rotatable bonds is 10. The predicted molar refractivity (Wildman–Crippen MR) is 122 cm³/mol. The number of fused-ring (bicyclic) bond motifs is 1. The van der Waals surface area contributed by atoms with Crippen molar-refractivity contribution in [2.24, 2.45) is 11.3 Å². The second-order valence-electron chi connectivity index (χ2n) is 8.72. The molecule has 3 heterocycles. The molecule has 1 saturated heterocycles. The summed E-state index contributed by atoms with van der Waals surface area (Å²) in [5.74, 6) is -0.698. The van der Waals surface area contributed by atoms with Crippen LogP contribution in [0, 0.1) is 18.3 Å². The lowest BCUT2D eigenvalue weighted by molar-refractivity contribution is -0.162. The SMILES string of the molecule is CCOC(=O)CC[C@@]1(C(=O)OCC)C[C@@H](CC(=O)NCc2ccc(C)o2)C(=O)N2CCCC=C21. The smallest absolute Gasteiger partial charge is 0.318 e. The Bertz CT molecular complexity index is 951. The minimum atomic E-state index is -1.18. The minimum absolute atomic E-state index is 0.0167. The van der Waals surface area contributed by atoms with Crippen LogP contribution in [0.15, 0.2) is 28.3 Å². The van der Waals surface area contributed by atoms with Gasteiger partial charge in [-0.25, -0.2) is 0 Å². The first-order valence-electron chi connectivity index (χ1n) is 12.0. The maximum absolute atomic E-state index is 13.3. The van der Waals surface area contributed by atoms with Gasteiger partial charge in [-0.05, 0) is 58.6 Å². The third kappa shape index (κ3) is 5.69. The lowest BCUT2D eigenvalue weighted by atomic mass is 9.67. The van der Waals surface area contributed by atoms with Crippen molar-refractivity contribution < 1.29 is 33.1 Å². The van der Waals surface area contributed by atoms with Crippen molar-refractivity contribution in [3.8, 4) is 0 Å². The number of allylic oxidation sites excluding steroid dienone is 1. The summed E-state index contributed by atoms with van der Waals surface area (Å²) in [5, 5.41) is 2.79. The van der Waals surface area contributed by atoms with Crippen molar-refractivity contribution in [2.75, 3.05) is 19.8 Å². The van der Waals surface area contributed by atoms with Gasteiger partial charge in [0, 0.05) is 31.0 Å². The Hall–Kier alpha value is -3.10. The molecule has 3 rings (SSSR count). The highest BCUT2D eigenvalue weighted by Crippen LogP contribution is 2.49. The molecule has 9 heteroatoms. The fraction of sp³-hybridized carbons (Fsp3) is 0.600. The van der Waals surface area contributed by atoms with E-state index in [0.717, 1.165) is 18.6 Å². The van der Waals surface area contributed by atoms with Gasteiger partial charge >= 0.3 is 11.9 Å². The molecule has 9 nitrogen and oxygen atoms in total. The summed E-state index contributed by atoms with van der Waals surface area (Å²) in [6, 6.07) is 3.60. The topological polar surface area (TPSA) is 115 Å². The van der Waals surface area contributed by atoms with Crippen LogP contribution in [-0.4, -0.2) is 48.4 Å². The first-order chi connectivity index (χ1) is 16.3. The zero-order valence-corrected chi connectivity index (χ0v) is 20.2. The third-order valence-corrected chi connectivity index (χ3v) is 6.33. The van der Waals surface area contributed by atoms with Crippen LogP contribution in [0.2, 0.25) is 0 Å². The minimum Gasteiger partial charge on any atom is -0.466 e. The quantitative estimate of drug-likeness (QED) is 0.518. The summed E-state index contributed by atoms with van der Waals surface area (Å²) in [7, 11) is 0. The first kappa shape index (κ1) is 25.5. The molecule has 1 aromatic rings. The van der Waals surface area contributed by atoms with Crippen molar-refractivity contribution >= 4 is 23.8 Å². The van der Waals surface area contributed by atoms with Gasteiger partial charge in [-0.15, -0.1) is 0 Å². The maximum atomic E-state index is 13.3. The summed E-state index contributed by atoms with van der Waals surface area (Å²) in [6.45, 7) is 6.37. The fourth-order valence-corrected chi connectivity index (χ4v) is 4.79. The number of nitrogens with zero attached hydrogens (tertiary/aromatic N) is 1. The van der Waals surface area contributed by atoms with Gasteiger partial charge < -0.3 is 24.1 Å². The highest BCUT2D eigenvalue weighted by molar-refractivity contribution is 5.92. The van der Waals surface area contributed by atoms with Crippen molar-refractivity contribution in [3.63, 3.8) is 0 Å². The van der Waals surface area contributed by atoms with Gasteiger partial charge in [0.05, 0.1) is 19.8 Å². The molecule has 34 heavy (non-hydrogen) atoms. The number of carbonyl (C=O) groups excluding carboxylic acids is 4. The van der Waals surface area contributed by atoms with E-state index < -0.39 is 23.3 Å². The molecule has 0 bridgehead atoms. The van der Waals surface area contributed by atoms with Crippen LogP contribution in [0.25, 0.3) is 0 Å². The zero-order chi connectivity index (χ0) is 24.7. The van der Waals surface area contributed by atoms with Gasteiger partial charge in [0.1, 0.15) is 16.9 Å². The van der Waals surface area contributed by atoms with Crippen LogP contribution >= 0.6 is 0 Å². The Morgan fingerprint density at radius 2 is 1.97 bits per heavy atom. The van der Waals surface area contributed by atoms with E-state index in [1.807, 2.05) is 19.1 Å². The first-order valence-corrected chi connectivity index (χ1v) is 12.0. The molecule has 0 radical (unpaired) electrons. The van der Waals surface area contributed by atoms with Crippen LogP contribution in [0.4, 0.5) is 0 Å². The standard InChI is InChI=1S/C25H34N2O7/c1-4-32-22(29)11-12-25(24(31)33-5-2)15-18(23(30)27-13-7-6-8-20(25)27)14-21(28)26-16-19-10-9-17(3)34-19/h8-10,18H,4-7,11-16H2,1-3H3,(H,26,28)/t18-,25-/m1/s1. The van der Waals surface area contributed by atoms with E-state index in [1.165, 1.54) is 0 Å². The fourth-order valence-electron chi connectivity index (χ4n) is 4.79. The molecule has 2 aliphatic heterocycles. The average molecular weight is 475 g/mol. The van der Waals surface area contributed by atoms with E-state index in [4.69, 9.17) is 13.9 Å². The van der Waals surface area contributed by atoms with Gasteiger partial charge in [0.25, 0.3) is 0 Å². The van der Waals surface area contributed by atoms with Gasteiger partial charge in [-0.1, -0.05) is 6.08 Å². The number of hydrogen-bond donors (Lipinski definition) is 1. The Morgan fingerprint density at radius 3 is 2.65 bits per heavy atom. The Morgan fingerprint density at radius 1 is 1.21 bits per heavy atom. The van der Waals surface area contributed by atoms with E-state index in [1.54, 1.807) is 24.8 Å². The van der Waals surface area contributed by atoms with Gasteiger partial charge in [-0.2, -0.15) is 0 Å². The van der Waals surface area contributed by atoms with Crippen molar-refractivity contribution in [1.29, 1.82) is 0 Å². The molecule has 1 N–H and O–H groups in total. The number of aryl methyl sites for hydroxylation is 1. The molecule has 2 atom stereocenters. The Kier molecular flexibility index (Phi) is 8.52. The summed E-state index contributed by atoms with van der Waals surface area (Å²) >= 11 is 0. The Labute approximate surface area is 199 Å². The second kappa shape index (κ2) is 11.4. The molecule has 186 valence electrons. The predicted octanol–water partition coefficient (Wildman–Crippen LogP) is 3.01. The number of furan rings is 1. The number of esters is 2.